The standard InChI is InChI=1S/C9H6FNO2S/c10-4-1-2-6-5(3-4)7(11)8(14-6)9(12)13/h1-3H,11H2,(H,12,13). The molecule has 1 aromatic heterocycles. The smallest absolute Gasteiger partial charge is 0.348 e. The first-order valence-electron chi connectivity index (χ1n) is 3.80. The highest BCUT2D eigenvalue weighted by Gasteiger charge is 2.15. The van der Waals surface area contributed by atoms with Crippen molar-refractivity contribution in [2.24, 2.45) is 0 Å². The van der Waals surface area contributed by atoms with Gasteiger partial charge in [-0.2, -0.15) is 0 Å². The van der Waals surface area contributed by atoms with Gasteiger partial charge in [0.05, 0.1) is 5.69 Å². The molecule has 3 nitrogen and oxygen atoms in total. The molecule has 0 saturated carbocycles. The number of hydrogen-bond acceptors (Lipinski definition) is 3. The molecule has 3 N–H and O–H groups in total. The molecule has 0 saturated heterocycles. The number of nitrogens with two attached hydrogens (primary N) is 1. The lowest BCUT2D eigenvalue weighted by Gasteiger charge is -1.92. The monoisotopic (exact) mass is 211 g/mol. The molecule has 0 aliphatic carbocycles. The van der Waals surface area contributed by atoms with Crippen LogP contribution in [-0.2, 0) is 0 Å². The van der Waals surface area contributed by atoms with Gasteiger partial charge in [0.25, 0.3) is 0 Å². The van der Waals surface area contributed by atoms with Gasteiger partial charge in [-0.1, -0.05) is 0 Å². The Kier molecular flexibility index (Phi) is 1.89. The van der Waals surface area contributed by atoms with E-state index in [1.54, 1.807) is 0 Å². The van der Waals surface area contributed by atoms with Crippen molar-refractivity contribution in [3.63, 3.8) is 0 Å². The van der Waals surface area contributed by atoms with E-state index in [0.717, 1.165) is 11.3 Å². The topological polar surface area (TPSA) is 63.3 Å². The summed E-state index contributed by atoms with van der Waals surface area (Å²) in [7, 11) is 0. The molecule has 0 aliphatic heterocycles. The molecule has 0 bridgehead atoms. The summed E-state index contributed by atoms with van der Waals surface area (Å²) < 4.78 is 13.5. The molecular formula is C9H6FNO2S. The predicted octanol–water partition coefficient (Wildman–Crippen LogP) is 2.32. The van der Waals surface area contributed by atoms with Gasteiger partial charge in [0.1, 0.15) is 10.7 Å². The van der Waals surface area contributed by atoms with E-state index in [1.807, 2.05) is 0 Å². The van der Waals surface area contributed by atoms with Gasteiger partial charge in [-0.15, -0.1) is 11.3 Å². The summed E-state index contributed by atoms with van der Waals surface area (Å²) in [4.78, 5) is 10.8. The highest BCUT2D eigenvalue weighted by Crippen LogP contribution is 2.33. The molecule has 1 heterocycles. The van der Waals surface area contributed by atoms with E-state index in [0.29, 0.717) is 10.1 Å². The molecular weight excluding hydrogens is 205 g/mol. The van der Waals surface area contributed by atoms with Crippen molar-refractivity contribution in [1.82, 2.24) is 0 Å². The number of carboxylic acids is 1. The van der Waals surface area contributed by atoms with Crippen LogP contribution in [0.3, 0.4) is 0 Å². The van der Waals surface area contributed by atoms with Crippen molar-refractivity contribution < 1.29 is 14.3 Å². The Hall–Kier alpha value is -1.62. The largest absolute Gasteiger partial charge is 0.477 e. The number of halogens is 1. The highest BCUT2D eigenvalue weighted by atomic mass is 32.1. The van der Waals surface area contributed by atoms with Crippen molar-refractivity contribution in [3.05, 3.63) is 28.9 Å². The first-order chi connectivity index (χ1) is 6.59. The van der Waals surface area contributed by atoms with E-state index in [2.05, 4.69) is 0 Å². The quantitative estimate of drug-likeness (QED) is 0.760. The van der Waals surface area contributed by atoms with E-state index in [9.17, 15) is 9.18 Å². The van der Waals surface area contributed by atoms with Gasteiger partial charge in [0, 0.05) is 10.1 Å². The summed E-state index contributed by atoms with van der Waals surface area (Å²) >= 11 is 1.05. The highest BCUT2D eigenvalue weighted by molar-refractivity contribution is 7.21. The molecule has 72 valence electrons. The van der Waals surface area contributed by atoms with Gasteiger partial charge in [0.15, 0.2) is 0 Å². The predicted molar refractivity (Wildman–Crippen MR) is 53.2 cm³/mol. The molecule has 0 spiro atoms. The van der Waals surface area contributed by atoms with Gasteiger partial charge >= 0.3 is 5.97 Å². The Morgan fingerprint density at radius 1 is 1.50 bits per heavy atom. The van der Waals surface area contributed by atoms with Gasteiger partial charge in [-0.3, -0.25) is 0 Å². The number of carboxylic acid groups (broad SMARTS) is 1. The van der Waals surface area contributed by atoms with Crippen molar-refractivity contribution in [2.45, 2.75) is 0 Å². The van der Waals surface area contributed by atoms with Crippen LogP contribution in [0.5, 0.6) is 0 Å². The van der Waals surface area contributed by atoms with Crippen molar-refractivity contribution >= 4 is 33.1 Å². The fraction of sp³-hybridized carbons (Fsp3) is 0. The number of rotatable bonds is 1. The molecule has 2 rings (SSSR count). The van der Waals surface area contributed by atoms with Crippen LogP contribution in [0.25, 0.3) is 10.1 Å². The number of anilines is 1. The maximum absolute atomic E-state index is 12.8. The van der Waals surface area contributed by atoms with E-state index < -0.39 is 11.8 Å². The lowest BCUT2D eigenvalue weighted by molar-refractivity contribution is 0.0703. The molecule has 0 fully saturated rings. The lowest BCUT2D eigenvalue weighted by Crippen LogP contribution is -1.97. The lowest BCUT2D eigenvalue weighted by atomic mass is 10.2. The maximum Gasteiger partial charge on any atom is 0.348 e. The minimum Gasteiger partial charge on any atom is -0.477 e. The van der Waals surface area contributed by atoms with Gasteiger partial charge in [-0.25, -0.2) is 9.18 Å². The normalized spacial score (nSPS) is 10.6. The zero-order chi connectivity index (χ0) is 10.3. The van der Waals surface area contributed by atoms with Crippen LogP contribution in [0, 0.1) is 5.82 Å². The fourth-order valence-electron chi connectivity index (χ4n) is 1.25. The first kappa shape index (κ1) is 8.96. The number of benzene rings is 1. The molecule has 0 unspecified atom stereocenters. The van der Waals surface area contributed by atoms with Crippen molar-refractivity contribution in [1.29, 1.82) is 0 Å². The Bertz CT molecular complexity index is 521. The van der Waals surface area contributed by atoms with Crippen LogP contribution >= 0.6 is 11.3 Å². The van der Waals surface area contributed by atoms with Crippen LogP contribution in [0.15, 0.2) is 18.2 Å². The Balaban J connectivity index is 2.80. The molecule has 0 amide bonds. The minimum absolute atomic E-state index is 0.0607. The second kappa shape index (κ2) is 2.95. The Labute approximate surface area is 82.6 Å². The third kappa shape index (κ3) is 1.22. The number of aromatic carboxylic acids is 1. The second-order valence-electron chi connectivity index (χ2n) is 2.79. The number of fused-ring (bicyclic) bond motifs is 1. The van der Waals surface area contributed by atoms with Gasteiger partial charge in [0.2, 0.25) is 0 Å². The first-order valence-corrected chi connectivity index (χ1v) is 4.62. The molecule has 0 aliphatic rings. The Morgan fingerprint density at radius 2 is 2.21 bits per heavy atom. The summed E-state index contributed by atoms with van der Waals surface area (Å²) in [5, 5.41) is 9.24. The average molecular weight is 211 g/mol. The van der Waals surface area contributed by atoms with Crippen LogP contribution in [0.4, 0.5) is 10.1 Å². The van der Waals surface area contributed by atoms with Gasteiger partial charge in [-0.05, 0) is 18.2 Å². The van der Waals surface area contributed by atoms with Crippen LogP contribution < -0.4 is 5.73 Å². The molecule has 0 radical (unpaired) electrons. The SMILES string of the molecule is Nc1c(C(=O)O)sc2ccc(F)cc12. The summed E-state index contributed by atoms with van der Waals surface area (Å²) in [6, 6.07) is 4.05. The van der Waals surface area contributed by atoms with E-state index in [-0.39, 0.29) is 10.6 Å². The summed E-state index contributed by atoms with van der Waals surface area (Å²) in [6.07, 6.45) is 0. The molecule has 14 heavy (non-hydrogen) atoms. The number of carbonyl (C=O) groups is 1. The maximum atomic E-state index is 12.8. The van der Waals surface area contributed by atoms with Crippen LogP contribution in [0.1, 0.15) is 9.67 Å². The Morgan fingerprint density at radius 3 is 2.86 bits per heavy atom. The summed E-state index contributed by atoms with van der Waals surface area (Å²) in [6.45, 7) is 0. The fourth-order valence-corrected chi connectivity index (χ4v) is 2.19. The molecule has 2 aromatic rings. The van der Waals surface area contributed by atoms with Crippen LogP contribution in [-0.4, -0.2) is 11.1 Å². The zero-order valence-corrected chi connectivity index (χ0v) is 7.77. The van der Waals surface area contributed by atoms with Gasteiger partial charge < -0.3 is 10.8 Å². The summed E-state index contributed by atoms with van der Waals surface area (Å²) in [5.41, 5.74) is 5.71. The van der Waals surface area contributed by atoms with E-state index >= 15 is 0 Å². The molecule has 5 heteroatoms. The van der Waals surface area contributed by atoms with Crippen molar-refractivity contribution in [3.8, 4) is 0 Å². The van der Waals surface area contributed by atoms with E-state index in [4.69, 9.17) is 10.8 Å². The molecule has 1 aromatic carbocycles. The minimum atomic E-state index is -1.08. The van der Waals surface area contributed by atoms with E-state index in [1.165, 1.54) is 18.2 Å². The molecule has 0 atom stereocenters. The van der Waals surface area contributed by atoms with Crippen LogP contribution in [0.2, 0.25) is 0 Å². The third-order valence-electron chi connectivity index (χ3n) is 1.88. The summed E-state index contributed by atoms with van der Waals surface area (Å²) in [5.74, 6) is -1.50. The number of nitrogen functional groups attached to an aromatic ring is 1. The second-order valence-corrected chi connectivity index (χ2v) is 3.84. The zero-order valence-electron chi connectivity index (χ0n) is 6.95. The number of thiophene rings is 1. The number of hydrogen-bond donors (Lipinski definition) is 2. The average Bonchev–Trinajstić information content (AvgIpc) is 2.44. The van der Waals surface area contributed by atoms with Crippen molar-refractivity contribution in [2.75, 3.05) is 5.73 Å². The third-order valence-corrected chi connectivity index (χ3v) is 3.06.